The fourth-order valence-electron chi connectivity index (χ4n) is 1.60. The number of benzene rings is 1. The molecule has 0 atom stereocenters. The minimum absolute atomic E-state index is 0.0947. The van der Waals surface area contributed by atoms with Crippen LogP contribution in [0.15, 0.2) is 18.2 Å². The lowest BCUT2D eigenvalue weighted by molar-refractivity contribution is -0.119. The smallest absolute Gasteiger partial charge is 0.405 e. The van der Waals surface area contributed by atoms with Gasteiger partial charge in [-0.1, -0.05) is 0 Å². The van der Waals surface area contributed by atoms with E-state index in [1.165, 1.54) is 25.2 Å². The molecule has 0 saturated heterocycles. The third-order valence-electron chi connectivity index (χ3n) is 2.37. The molecule has 0 spiro atoms. The van der Waals surface area contributed by atoms with Crippen LogP contribution < -0.4 is 10.6 Å². The van der Waals surface area contributed by atoms with Crippen LogP contribution in [0.5, 0.6) is 0 Å². The Morgan fingerprint density at radius 1 is 1.42 bits per heavy atom. The highest BCUT2D eigenvalue weighted by Gasteiger charge is 2.30. The van der Waals surface area contributed by atoms with Crippen molar-refractivity contribution in [1.29, 1.82) is 0 Å². The van der Waals surface area contributed by atoms with Crippen molar-refractivity contribution in [2.45, 2.75) is 13.1 Å². The van der Waals surface area contributed by atoms with E-state index < -0.39 is 18.7 Å². The number of alkyl halides is 3. The normalized spacial score (nSPS) is 11.2. The van der Waals surface area contributed by atoms with E-state index in [1.54, 1.807) is 6.92 Å². The van der Waals surface area contributed by atoms with E-state index in [0.717, 1.165) is 4.90 Å². The Morgan fingerprint density at radius 2 is 2.05 bits per heavy atom. The number of carbonyl (C=O) groups is 1. The van der Waals surface area contributed by atoms with Gasteiger partial charge in [-0.05, 0) is 25.1 Å². The second kappa shape index (κ2) is 5.81. The summed E-state index contributed by atoms with van der Waals surface area (Å²) in [6, 6.07) is 4.06. The largest absolute Gasteiger partial charge is 0.462 e. The molecule has 0 aliphatic rings. The Balaban J connectivity index is 2.91. The first-order valence-corrected chi connectivity index (χ1v) is 5.59. The van der Waals surface area contributed by atoms with E-state index in [1.807, 2.05) is 0 Å². The Hall–Kier alpha value is -1.92. The number of anilines is 2. The number of nitrogens with two attached hydrogens (primary N) is 1. The van der Waals surface area contributed by atoms with Gasteiger partial charge in [0.05, 0.1) is 23.5 Å². The maximum absolute atomic E-state index is 12.3. The van der Waals surface area contributed by atoms with Crippen molar-refractivity contribution in [2.75, 3.05) is 30.8 Å². The van der Waals surface area contributed by atoms with Gasteiger partial charge in [0, 0.05) is 7.05 Å². The van der Waals surface area contributed by atoms with Crippen molar-refractivity contribution in [3.05, 3.63) is 23.8 Å². The summed E-state index contributed by atoms with van der Waals surface area (Å²) < 4.78 is 41.6. The summed E-state index contributed by atoms with van der Waals surface area (Å²) in [6.07, 6.45) is -4.32. The monoisotopic (exact) mass is 276 g/mol. The van der Waals surface area contributed by atoms with Gasteiger partial charge in [-0.3, -0.25) is 0 Å². The summed E-state index contributed by atoms with van der Waals surface area (Å²) in [5.74, 6) is -0.556. The summed E-state index contributed by atoms with van der Waals surface area (Å²) in [5, 5.41) is 0. The molecule has 0 aliphatic heterocycles. The summed E-state index contributed by atoms with van der Waals surface area (Å²) in [5.41, 5.74) is 6.18. The Morgan fingerprint density at radius 3 is 2.53 bits per heavy atom. The highest BCUT2D eigenvalue weighted by Crippen LogP contribution is 2.27. The van der Waals surface area contributed by atoms with Crippen LogP contribution in [-0.2, 0) is 4.74 Å². The lowest BCUT2D eigenvalue weighted by Crippen LogP contribution is -2.31. The standard InChI is InChI=1S/C12H15F3N2O2/c1-3-19-11(18)8-4-5-10(9(16)6-8)17(2)7-12(13,14)15/h4-6H,3,7,16H2,1-2H3. The second-order valence-electron chi connectivity index (χ2n) is 3.97. The number of ether oxygens (including phenoxy) is 1. The molecule has 0 aromatic heterocycles. The van der Waals surface area contributed by atoms with Gasteiger partial charge < -0.3 is 15.4 Å². The Labute approximate surface area is 108 Å². The summed E-state index contributed by atoms with van der Waals surface area (Å²) >= 11 is 0. The fraction of sp³-hybridized carbons (Fsp3) is 0.417. The van der Waals surface area contributed by atoms with Gasteiger partial charge in [-0.15, -0.1) is 0 Å². The van der Waals surface area contributed by atoms with Crippen molar-refractivity contribution < 1.29 is 22.7 Å². The summed E-state index contributed by atoms with van der Waals surface area (Å²) in [6.45, 7) is 0.761. The SMILES string of the molecule is CCOC(=O)c1ccc(N(C)CC(F)(F)F)c(N)c1. The van der Waals surface area contributed by atoms with Crippen LogP contribution in [0, 0.1) is 0 Å². The second-order valence-corrected chi connectivity index (χ2v) is 3.97. The van der Waals surface area contributed by atoms with Crippen LogP contribution in [0.25, 0.3) is 0 Å². The molecule has 0 unspecified atom stereocenters. The van der Waals surface area contributed by atoms with Gasteiger partial charge in [-0.2, -0.15) is 13.2 Å². The minimum Gasteiger partial charge on any atom is -0.462 e. The van der Waals surface area contributed by atoms with E-state index >= 15 is 0 Å². The predicted molar refractivity (Wildman–Crippen MR) is 66.1 cm³/mol. The topological polar surface area (TPSA) is 55.6 Å². The van der Waals surface area contributed by atoms with Crippen LogP contribution in [0.1, 0.15) is 17.3 Å². The van der Waals surface area contributed by atoms with Crippen LogP contribution in [0.3, 0.4) is 0 Å². The fourth-order valence-corrected chi connectivity index (χ4v) is 1.60. The molecule has 0 fully saturated rings. The van der Waals surface area contributed by atoms with E-state index in [4.69, 9.17) is 10.5 Å². The molecule has 0 aliphatic carbocycles. The van der Waals surface area contributed by atoms with Crippen molar-refractivity contribution in [3.8, 4) is 0 Å². The number of esters is 1. The molecule has 1 aromatic carbocycles. The summed E-state index contributed by atoms with van der Waals surface area (Å²) in [7, 11) is 1.28. The molecular formula is C12H15F3N2O2. The maximum Gasteiger partial charge on any atom is 0.405 e. The number of hydrogen-bond acceptors (Lipinski definition) is 4. The predicted octanol–water partition coefficient (Wildman–Crippen LogP) is 2.44. The van der Waals surface area contributed by atoms with Gasteiger partial charge in [-0.25, -0.2) is 4.79 Å². The van der Waals surface area contributed by atoms with Crippen LogP contribution in [0.2, 0.25) is 0 Å². The molecule has 1 aromatic rings. The van der Waals surface area contributed by atoms with E-state index in [-0.39, 0.29) is 23.5 Å². The molecule has 0 heterocycles. The lowest BCUT2D eigenvalue weighted by atomic mass is 10.1. The van der Waals surface area contributed by atoms with Crippen LogP contribution >= 0.6 is 0 Å². The zero-order valence-corrected chi connectivity index (χ0v) is 10.6. The first kappa shape index (κ1) is 15.1. The lowest BCUT2D eigenvalue weighted by Gasteiger charge is -2.22. The zero-order chi connectivity index (χ0) is 14.6. The average Bonchev–Trinajstić information content (AvgIpc) is 2.26. The highest BCUT2D eigenvalue weighted by molar-refractivity contribution is 5.92. The molecular weight excluding hydrogens is 261 g/mol. The van der Waals surface area contributed by atoms with Crippen molar-refractivity contribution in [2.24, 2.45) is 0 Å². The molecule has 0 amide bonds. The van der Waals surface area contributed by atoms with E-state index in [0.29, 0.717) is 0 Å². The van der Waals surface area contributed by atoms with Gasteiger partial charge in [0.25, 0.3) is 0 Å². The molecule has 0 saturated carbocycles. The number of rotatable bonds is 4. The Kier molecular flexibility index (Phi) is 4.63. The van der Waals surface area contributed by atoms with Gasteiger partial charge in [0.15, 0.2) is 0 Å². The van der Waals surface area contributed by atoms with Gasteiger partial charge in [0.2, 0.25) is 0 Å². The van der Waals surface area contributed by atoms with E-state index in [2.05, 4.69) is 0 Å². The molecule has 7 heteroatoms. The van der Waals surface area contributed by atoms with E-state index in [9.17, 15) is 18.0 Å². The van der Waals surface area contributed by atoms with Crippen molar-refractivity contribution in [1.82, 2.24) is 0 Å². The third-order valence-corrected chi connectivity index (χ3v) is 2.37. The Bertz CT molecular complexity index is 461. The first-order valence-electron chi connectivity index (χ1n) is 5.59. The van der Waals surface area contributed by atoms with Crippen molar-refractivity contribution >= 4 is 17.3 Å². The summed E-state index contributed by atoms with van der Waals surface area (Å²) in [4.78, 5) is 12.4. The molecule has 19 heavy (non-hydrogen) atoms. The molecule has 1 rings (SSSR count). The molecule has 4 nitrogen and oxygen atoms in total. The number of carbonyl (C=O) groups excluding carboxylic acids is 1. The molecule has 2 N–H and O–H groups in total. The molecule has 0 radical (unpaired) electrons. The number of nitrogens with zero attached hydrogens (tertiary/aromatic N) is 1. The van der Waals surface area contributed by atoms with Crippen LogP contribution in [-0.4, -0.2) is 32.3 Å². The van der Waals surface area contributed by atoms with Gasteiger partial charge in [0.1, 0.15) is 6.54 Å². The molecule has 106 valence electrons. The quantitative estimate of drug-likeness (QED) is 0.678. The van der Waals surface area contributed by atoms with Crippen molar-refractivity contribution in [3.63, 3.8) is 0 Å². The number of nitrogen functional groups attached to an aromatic ring is 1. The number of hydrogen-bond donors (Lipinski definition) is 1. The van der Waals surface area contributed by atoms with Gasteiger partial charge >= 0.3 is 12.1 Å². The first-order chi connectivity index (χ1) is 8.74. The average molecular weight is 276 g/mol. The number of halogens is 3. The van der Waals surface area contributed by atoms with Crippen LogP contribution in [0.4, 0.5) is 24.5 Å². The maximum atomic E-state index is 12.3. The third kappa shape index (κ3) is 4.35. The minimum atomic E-state index is -4.32. The zero-order valence-electron chi connectivity index (χ0n) is 10.6. The molecule has 0 bridgehead atoms. The highest BCUT2D eigenvalue weighted by atomic mass is 19.4.